The summed E-state index contributed by atoms with van der Waals surface area (Å²) in [7, 11) is 1.63. The third-order valence-electron chi connectivity index (χ3n) is 2.95. The molecule has 22 heavy (non-hydrogen) atoms. The lowest BCUT2D eigenvalue weighted by Crippen LogP contribution is -2.00. The number of rotatable bonds is 8. The van der Waals surface area contributed by atoms with Crippen molar-refractivity contribution in [3.8, 4) is 11.5 Å². The largest absolute Gasteiger partial charge is 0.497 e. The second-order valence-corrected chi connectivity index (χ2v) is 5.61. The highest BCUT2D eigenvalue weighted by Gasteiger charge is 2.05. The van der Waals surface area contributed by atoms with Crippen molar-refractivity contribution in [2.24, 2.45) is 0 Å². The zero-order valence-electron chi connectivity index (χ0n) is 12.2. The smallest absolute Gasteiger partial charge is 0.269 e. The standard InChI is InChI=1S/C16H17NO4S/c1-20-15-5-7-16(8-6-15)21-9-10-22-12-13-3-2-4-14(11-13)17(18)19/h2-8,11H,9-10,12H2,1H3. The van der Waals surface area contributed by atoms with Gasteiger partial charge in [0.1, 0.15) is 11.5 Å². The molecule has 0 unspecified atom stereocenters. The van der Waals surface area contributed by atoms with Crippen LogP contribution < -0.4 is 9.47 Å². The molecule has 2 aromatic rings. The number of benzene rings is 2. The third kappa shape index (κ3) is 4.96. The molecule has 0 N–H and O–H groups in total. The lowest BCUT2D eigenvalue weighted by molar-refractivity contribution is -0.384. The fourth-order valence-electron chi connectivity index (χ4n) is 1.84. The molecular formula is C16H17NO4S. The van der Waals surface area contributed by atoms with Gasteiger partial charge in [0.15, 0.2) is 0 Å². The van der Waals surface area contributed by atoms with E-state index in [9.17, 15) is 10.1 Å². The van der Waals surface area contributed by atoms with E-state index in [1.165, 1.54) is 6.07 Å². The molecule has 0 atom stereocenters. The molecule has 116 valence electrons. The van der Waals surface area contributed by atoms with Crippen LogP contribution in [0.4, 0.5) is 5.69 Å². The van der Waals surface area contributed by atoms with Gasteiger partial charge in [-0.05, 0) is 29.8 Å². The summed E-state index contributed by atoms with van der Waals surface area (Å²) in [4.78, 5) is 10.3. The van der Waals surface area contributed by atoms with Crippen LogP contribution in [-0.2, 0) is 5.75 Å². The molecule has 0 saturated carbocycles. The van der Waals surface area contributed by atoms with Crippen molar-refractivity contribution in [2.75, 3.05) is 19.5 Å². The van der Waals surface area contributed by atoms with E-state index >= 15 is 0 Å². The van der Waals surface area contributed by atoms with Gasteiger partial charge in [-0.25, -0.2) is 0 Å². The zero-order valence-corrected chi connectivity index (χ0v) is 13.0. The molecule has 0 bridgehead atoms. The van der Waals surface area contributed by atoms with Crippen LogP contribution in [0.1, 0.15) is 5.56 Å². The Labute approximate surface area is 133 Å². The van der Waals surface area contributed by atoms with Gasteiger partial charge in [0.25, 0.3) is 5.69 Å². The molecule has 6 heteroatoms. The predicted octanol–water partition coefficient (Wildman–Crippen LogP) is 3.92. The van der Waals surface area contributed by atoms with Crippen LogP contribution in [0.5, 0.6) is 11.5 Å². The van der Waals surface area contributed by atoms with Gasteiger partial charge < -0.3 is 9.47 Å². The number of nitrogens with zero attached hydrogens (tertiary/aromatic N) is 1. The van der Waals surface area contributed by atoms with E-state index in [0.29, 0.717) is 6.61 Å². The molecule has 0 fully saturated rings. The first kappa shape index (κ1) is 16.2. The summed E-state index contributed by atoms with van der Waals surface area (Å²) in [6, 6.07) is 14.1. The van der Waals surface area contributed by atoms with Crippen LogP contribution in [0.15, 0.2) is 48.5 Å². The highest BCUT2D eigenvalue weighted by atomic mass is 32.2. The number of non-ortho nitro benzene ring substituents is 1. The monoisotopic (exact) mass is 319 g/mol. The van der Waals surface area contributed by atoms with Crippen LogP contribution in [0.2, 0.25) is 0 Å². The van der Waals surface area contributed by atoms with Crippen molar-refractivity contribution in [2.45, 2.75) is 5.75 Å². The van der Waals surface area contributed by atoms with E-state index in [1.807, 2.05) is 30.3 Å². The average Bonchev–Trinajstić information content (AvgIpc) is 2.55. The lowest BCUT2D eigenvalue weighted by atomic mass is 10.2. The molecule has 0 aliphatic rings. The Balaban J connectivity index is 1.70. The van der Waals surface area contributed by atoms with Gasteiger partial charge in [-0.1, -0.05) is 12.1 Å². The molecule has 0 aromatic heterocycles. The molecular weight excluding hydrogens is 302 g/mol. The normalized spacial score (nSPS) is 10.2. The Morgan fingerprint density at radius 2 is 1.86 bits per heavy atom. The zero-order chi connectivity index (χ0) is 15.8. The summed E-state index contributed by atoms with van der Waals surface area (Å²) < 4.78 is 10.7. The first-order chi connectivity index (χ1) is 10.7. The second kappa shape index (κ2) is 8.29. The maximum absolute atomic E-state index is 10.7. The van der Waals surface area contributed by atoms with Gasteiger partial charge in [0.2, 0.25) is 0 Å². The molecule has 0 spiro atoms. The first-order valence-corrected chi connectivity index (χ1v) is 7.92. The number of hydrogen-bond acceptors (Lipinski definition) is 5. The number of thioether (sulfide) groups is 1. The fraction of sp³-hybridized carbons (Fsp3) is 0.250. The topological polar surface area (TPSA) is 61.6 Å². The minimum Gasteiger partial charge on any atom is -0.497 e. The van der Waals surface area contributed by atoms with E-state index in [-0.39, 0.29) is 10.6 Å². The van der Waals surface area contributed by atoms with Crippen LogP contribution in [0.25, 0.3) is 0 Å². The van der Waals surface area contributed by atoms with Crippen molar-refractivity contribution < 1.29 is 14.4 Å². The summed E-state index contributed by atoms with van der Waals surface area (Å²) in [6.45, 7) is 0.589. The first-order valence-electron chi connectivity index (χ1n) is 6.77. The summed E-state index contributed by atoms with van der Waals surface area (Å²) in [5, 5.41) is 10.7. The van der Waals surface area contributed by atoms with E-state index in [2.05, 4.69) is 0 Å². The Morgan fingerprint density at radius 1 is 1.14 bits per heavy atom. The summed E-state index contributed by atoms with van der Waals surface area (Å²) in [5.41, 5.74) is 1.08. The van der Waals surface area contributed by atoms with E-state index in [0.717, 1.165) is 28.6 Å². The summed E-state index contributed by atoms with van der Waals surface area (Å²) in [6.07, 6.45) is 0. The van der Waals surface area contributed by atoms with Gasteiger partial charge in [-0.3, -0.25) is 10.1 Å². The second-order valence-electron chi connectivity index (χ2n) is 4.50. The average molecular weight is 319 g/mol. The van der Waals surface area contributed by atoms with Crippen molar-refractivity contribution >= 4 is 17.4 Å². The highest BCUT2D eigenvalue weighted by molar-refractivity contribution is 7.98. The van der Waals surface area contributed by atoms with Crippen LogP contribution in [0, 0.1) is 10.1 Å². The van der Waals surface area contributed by atoms with Gasteiger partial charge in [0.05, 0.1) is 18.6 Å². The quantitative estimate of drug-likeness (QED) is 0.419. The van der Waals surface area contributed by atoms with E-state index in [4.69, 9.17) is 9.47 Å². The SMILES string of the molecule is COc1ccc(OCCSCc2cccc([N+](=O)[O-])c2)cc1. The Hall–Kier alpha value is -2.21. The van der Waals surface area contributed by atoms with Gasteiger partial charge in [0, 0.05) is 23.6 Å². The molecule has 2 rings (SSSR count). The third-order valence-corrected chi connectivity index (χ3v) is 3.94. The number of methoxy groups -OCH3 is 1. The Bertz CT molecular complexity index is 616. The van der Waals surface area contributed by atoms with Crippen molar-refractivity contribution in [1.29, 1.82) is 0 Å². The number of nitro groups is 1. The molecule has 0 radical (unpaired) electrons. The van der Waals surface area contributed by atoms with E-state index < -0.39 is 0 Å². The highest BCUT2D eigenvalue weighted by Crippen LogP contribution is 2.19. The molecule has 0 saturated heterocycles. The predicted molar refractivity (Wildman–Crippen MR) is 87.7 cm³/mol. The van der Waals surface area contributed by atoms with Crippen LogP contribution in [0.3, 0.4) is 0 Å². The molecule has 0 aliphatic heterocycles. The number of ether oxygens (including phenoxy) is 2. The summed E-state index contributed by atoms with van der Waals surface area (Å²) >= 11 is 1.68. The van der Waals surface area contributed by atoms with Crippen molar-refractivity contribution in [1.82, 2.24) is 0 Å². The maximum Gasteiger partial charge on any atom is 0.269 e. The van der Waals surface area contributed by atoms with Gasteiger partial charge in [-0.15, -0.1) is 0 Å². The number of nitro benzene ring substituents is 1. The van der Waals surface area contributed by atoms with Gasteiger partial charge >= 0.3 is 0 Å². The molecule has 5 nitrogen and oxygen atoms in total. The molecule has 0 heterocycles. The van der Waals surface area contributed by atoms with Gasteiger partial charge in [-0.2, -0.15) is 11.8 Å². The molecule has 2 aromatic carbocycles. The molecule has 0 aliphatic carbocycles. The molecule has 0 amide bonds. The number of hydrogen-bond donors (Lipinski definition) is 0. The fourth-order valence-corrected chi connectivity index (χ4v) is 2.60. The Morgan fingerprint density at radius 3 is 2.55 bits per heavy atom. The van der Waals surface area contributed by atoms with Crippen LogP contribution in [-0.4, -0.2) is 24.4 Å². The lowest BCUT2D eigenvalue weighted by Gasteiger charge is -2.07. The minimum absolute atomic E-state index is 0.132. The summed E-state index contributed by atoms with van der Waals surface area (Å²) in [5.74, 6) is 3.15. The Kier molecular flexibility index (Phi) is 6.09. The van der Waals surface area contributed by atoms with Crippen molar-refractivity contribution in [3.63, 3.8) is 0 Å². The van der Waals surface area contributed by atoms with Crippen molar-refractivity contribution in [3.05, 3.63) is 64.2 Å². The minimum atomic E-state index is -0.374. The maximum atomic E-state index is 10.7. The van der Waals surface area contributed by atoms with E-state index in [1.54, 1.807) is 31.0 Å². The van der Waals surface area contributed by atoms with Crippen LogP contribution >= 0.6 is 11.8 Å².